The number of carbonyl (C=O) groups excluding carboxylic acids is 2. The van der Waals surface area contributed by atoms with Crippen molar-refractivity contribution in [1.82, 2.24) is 9.21 Å². The monoisotopic (exact) mass is 459 g/mol. The van der Waals surface area contributed by atoms with Crippen LogP contribution >= 0.6 is 0 Å². The molecule has 0 aliphatic carbocycles. The van der Waals surface area contributed by atoms with E-state index in [0.717, 1.165) is 11.1 Å². The highest BCUT2D eigenvalue weighted by molar-refractivity contribution is 7.89. The molecule has 2 aromatic rings. The van der Waals surface area contributed by atoms with Crippen LogP contribution in [0.15, 0.2) is 47.4 Å². The van der Waals surface area contributed by atoms with Crippen molar-refractivity contribution < 1.29 is 22.7 Å². The van der Waals surface area contributed by atoms with Gasteiger partial charge >= 0.3 is 0 Å². The lowest BCUT2D eigenvalue weighted by Gasteiger charge is -2.34. The zero-order valence-electron chi connectivity index (χ0n) is 18.6. The van der Waals surface area contributed by atoms with Gasteiger partial charge in [-0.15, -0.1) is 0 Å². The Labute approximate surface area is 189 Å². The average molecular weight is 460 g/mol. The van der Waals surface area contributed by atoms with Crippen molar-refractivity contribution in [2.75, 3.05) is 38.6 Å². The molecule has 0 saturated carbocycles. The number of hydrogen-bond acceptors (Lipinski definition) is 5. The number of nitrogens with zero attached hydrogens (tertiary/aromatic N) is 2. The van der Waals surface area contributed by atoms with Crippen molar-refractivity contribution in [2.45, 2.75) is 31.6 Å². The van der Waals surface area contributed by atoms with Crippen molar-refractivity contribution >= 4 is 27.5 Å². The van der Waals surface area contributed by atoms with E-state index in [2.05, 4.69) is 5.32 Å². The number of carbonyl (C=O) groups is 2. The van der Waals surface area contributed by atoms with Crippen LogP contribution in [0.4, 0.5) is 5.69 Å². The predicted molar refractivity (Wildman–Crippen MR) is 122 cm³/mol. The van der Waals surface area contributed by atoms with Crippen LogP contribution in [-0.2, 0) is 19.6 Å². The third kappa shape index (κ3) is 5.66. The molecular weight excluding hydrogens is 430 g/mol. The highest BCUT2D eigenvalue weighted by Gasteiger charge is 2.30. The fraction of sp³-hybridized carbons (Fsp3) is 0.391. The van der Waals surface area contributed by atoms with Gasteiger partial charge in [0.15, 0.2) is 0 Å². The van der Waals surface area contributed by atoms with Crippen LogP contribution in [-0.4, -0.2) is 62.7 Å². The lowest BCUT2D eigenvalue weighted by atomic mass is 10.2. The van der Waals surface area contributed by atoms with E-state index < -0.39 is 10.0 Å². The Balaban J connectivity index is 1.50. The molecule has 0 radical (unpaired) electrons. The molecule has 1 fully saturated rings. The van der Waals surface area contributed by atoms with E-state index in [1.54, 1.807) is 35.2 Å². The number of anilines is 1. The molecule has 1 aliphatic rings. The molecular formula is C23H29N3O5S. The molecule has 1 aliphatic heterocycles. The maximum Gasteiger partial charge on any atom is 0.243 e. The molecule has 1 N–H and O–H groups in total. The van der Waals surface area contributed by atoms with Gasteiger partial charge in [0.2, 0.25) is 21.8 Å². The smallest absolute Gasteiger partial charge is 0.243 e. The number of aryl methyl sites for hydroxylation is 2. The molecule has 2 aromatic carbocycles. The minimum atomic E-state index is -3.58. The Morgan fingerprint density at radius 2 is 1.56 bits per heavy atom. The van der Waals surface area contributed by atoms with Gasteiger partial charge in [-0.3, -0.25) is 9.59 Å². The second-order valence-electron chi connectivity index (χ2n) is 7.85. The summed E-state index contributed by atoms with van der Waals surface area (Å²) in [5, 5.41) is 2.79. The summed E-state index contributed by atoms with van der Waals surface area (Å²) in [6, 6.07) is 12.2. The second-order valence-corrected chi connectivity index (χ2v) is 9.79. The summed E-state index contributed by atoms with van der Waals surface area (Å²) in [5.41, 5.74) is 2.54. The average Bonchev–Trinajstić information content (AvgIpc) is 2.78. The van der Waals surface area contributed by atoms with Gasteiger partial charge in [0.05, 0.1) is 17.7 Å². The van der Waals surface area contributed by atoms with Gasteiger partial charge in [-0.05, 0) is 43.7 Å². The summed E-state index contributed by atoms with van der Waals surface area (Å²) in [7, 11) is -2.05. The van der Waals surface area contributed by atoms with E-state index in [1.807, 2.05) is 26.0 Å². The topological polar surface area (TPSA) is 96.0 Å². The quantitative estimate of drug-likeness (QED) is 0.687. The van der Waals surface area contributed by atoms with E-state index in [1.165, 1.54) is 11.4 Å². The van der Waals surface area contributed by atoms with Gasteiger partial charge in [-0.2, -0.15) is 4.31 Å². The Kier molecular flexibility index (Phi) is 7.52. The van der Waals surface area contributed by atoms with E-state index >= 15 is 0 Å². The van der Waals surface area contributed by atoms with E-state index in [0.29, 0.717) is 24.5 Å². The van der Waals surface area contributed by atoms with E-state index in [-0.39, 0.29) is 42.6 Å². The summed E-state index contributed by atoms with van der Waals surface area (Å²) >= 11 is 0. The van der Waals surface area contributed by atoms with Crippen LogP contribution in [0.1, 0.15) is 24.0 Å². The van der Waals surface area contributed by atoms with Gasteiger partial charge < -0.3 is 15.0 Å². The Morgan fingerprint density at radius 1 is 0.938 bits per heavy atom. The van der Waals surface area contributed by atoms with Gasteiger partial charge in [-0.1, -0.05) is 23.8 Å². The number of rotatable bonds is 7. The maximum absolute atomic E-state index is 12.8. The molecule has 0 unspecified atom stereocenters. The summed E-state index contributed by atoms with van der Waals surface area (Å²) in [5.74, 6) is 0.118. The number of piperazine rings is 1. The van der Waals surface area contributed by atoms with Crippen molar-refractivity contribution in [1.29, 1.82) is 0 Å². The van der Waals surface area contributed by atoms with Crippen LogP contribution < -0.4 is 10.1 Å². The van der Waals surface area contributed by atoms with Crippen molar-refractivity contribution in [3.8, 4) is 5.75 Å². The van der Waals surface area contributed by atoms with Gasteiger partial charge in [-0.25, -0.2) is 8.42 Å². The fourth-order valence-corrected chi connectivity index (χ4v) is 4.97. The number of nitrogens with one attached hydrogen (secondary N) is 1. The SMILES string of the molecule is COc1ccc(C)cc1NC(=O)CCC(=O)N1CCN(S(=O)(=O)c2ccc(C)cc2)CC1. The number of hydrogen-bond donors (Lipinski definition) is 1. The standard InChI is InChI=1S/C23H29N3O5S/c1-17-4-7-19(8-5-17)32(29,30)26-14-12-25(13-15-26)23(28)11-10-22(27)24-20-16-18(2)6-9-21(20)31-3/h4-9,16H,10-15H2,1-3H3,(H,24,27). The third-order valence-corrected chi connectivity index (χ3v) is 7.36. The van der Waals surface area contributed by atoms with Gasteiger partial charge in [0.1, 0.15) is 5.75 Å². The molecule has 3 rings (SSSR count). The first-order valence-corrected chi connectivity index (χ1v) is 11.9. The summed E-state index contributed by atoms with van der Waals surface area (Å²) < 4.78 is 32.3. The predicted octanol–water partition coefficient (Wildman–Crippen LogP) is 2.56. The van der Waals surface area contributed by atoms with E-state index in [9.17, 15) is 18.0 Å². The summed E-state index contributed by atoms with van der Waals surface area (Å²) in [6.45, 7) is 4.88. The minimum absolute atomic E-state index is 0.0395. The van der Waals surface area contributed by atoms with Gasteiger partial charge in [0.25, 0.3) is 0 Å². The van der Waals surface area contributed by atoms with Crippen molar-refractivity contribution in [3.05, 3.63) is 53.6 Å². The fourth-order valence-electron chi connectivity index (χ4n) is 3.55. The Bertz CT molecular complexity index is 1080. The zero-order valence-corrected chi connectivity index (χ0v) is 19.4. The highest BCUT2D eigenvalue weighted by atomic mass is 32.2. The van der Waals surface area contributed by atoms with Crippen LogP contribution in [0.2, 0.25) is 0 Å². The lowest BCUT2D eigenvalue weighted by Crippen LogP contribution is -2.50. The number of amides is 2. The molecule has 0 atom stereocenters. The number of benzene rings is 2. The first kappa shape index (κ1) is 23.7. The minimum Gasteiger partial charge on any atom is -0.495 e. The van der Waals surface area contributed by atoms with Crippen LogP contribution in [0.25, 0.3) is 0 Å². The highest BCUT2D eigenvalue weighted by Crippen LogP contribution is 2.25. The van der Waals surface area contributed by atoms with E-state index in [4.69, 9.17) is 4.74 Å². The molecule has 32 heavy (non-hydrogen) atoms. The van der Waals surface area contributed by atoms with Crippen molar-refractivity contribution in [2.24, 2.45) is 0 Å². The molecule has 9 heteroatoms. The number of methoxy groups -OCH3 is 1. The maximum atomic E-state index is 12.8. The second kappa shape index (κ2) is 10.1. The normalized spacial score (nSPS) is 14.8. The molecule has 1 saturated heterocycles. The van der Waals surface area contributed by atoms with Crippen LogP contribution in [0, 0.1) is 13.8 Å². The molecule has 0 bridgehead atoms. The summed E-state index contributed by atoms with van der Waals surface area (Å²) in [4.78, 5) is 26.7. The molecule has 1 heterocycles. The Morgan fingerprint density at radius 3 is 2.19 bits per heavy atom. The molecule has 8 nitrogen and oxygen atoms in total. The zero-order chi connectivity index (χ0) is 23.3. The number of ether oxygens (including phenoxy) is 1. The molecule has 172 valence electrons. The molecule has 0 spiro atoms. The lowest BCUT2D eigenvalue weighted by molar-refractivity contribution is -0.133. The van der Waals surface area contributed by atoms with Crippen molar-refractivity contribution in [3.63, 3.8) is 0 Å². The number of sulfonamides is 1. The molecule has 2 amide bonds. The van der Waals surface area contributed by atoms with Gasteiger partial charge in [0, 0.05) is 39.0 Å². The first-order valence-electron chi connectivity index (χ1n) is 10.5. The van der Waals surface area contributed by atoms with Crippen LogP contribution in [0.3, 0.4) is 0 Å². The van der Waals surface area contributed by atoms with Crippen LogP contribution in [0.5, 0.6) is 5.75 Å². The largest absolute Gasteiger partial charge is 0.495 e. The third-order valence-electron chi connectivity index (χ3n) is 5.45. The first-order chi connectivity index (χ1) is 15.2. The summed E-state index contributed by atoms with van der Waals surface area (Å²) in [6.07, 6.45) is 0.0997. The molecule has 0 aromatic heterocycles. The Hall–Kier alpha value is -2.91.